The first kappa shape index (κ1) is 20.7. The van der Waals surface area contributed by atoms with Crippen LogP contribution >= 0.6 is 0 Å². The average Bonchev–Trinajstić information content (AvgIpc) is 2.62. The molecule has 5 heteroatoms. The summed E-state index contributed by atoms with van der Waals surface area (Å²) in [7, 11) is 0. The number of nitrogens with one attached hydrogen (secondary N) is 1. The molecule has 0 bridgehead atoms. The third-order valence-electron chi connectivity index (χ3n) is 4.36. The molecule has 0 aliphatic heterocycles. The molecule has 2 rings (SSSR count). The number of carboxylic acids is 2. The van der Waals surface area contributed by atoms with Crippen LogP contribution in [0, 0.1) is 11.8 Å². The molecule has 25 heavy (non-hydrogen) atoms. The van der Waals surface area contributed by atoms with E-state index in [4.69, 9.17) is 10.2 Å². The van der Waals surface area contributed by atoms with Crippen molar-refractivity contribution < 1.29 is 19.8 Å². The monoisotopic (exact) mass is 347 g/mol. The number of rotatable bonds is 8. The van der Waals surface area contributed by atoms with Crippen molar-refractivity contribution >= 4 is 17.6 Å². The summed E-state index contributed by atoms with van der Waals surface area (Å²) < 4.78 is 0. The third kappa shape index (κ3) is 9.55. The molecular weight excluding hydrogens is 318 g/mol. The quantitative estimate of drug-likeness (QED) is 0.606. The van der Waals surface area contributed by atoms with Crippen LogP contribution in [0.5, 0.6) is 0 Å². The molecule has 3 N–H and O–H groups in total. The van der Waals surface area contributed by atoms with Gasteiger partial charge in [-0.15, -0.1) is 6.58 Å². The number of para-hydroxylation sites is 1. The number of hydrogen-bond donors (Lipinski definition) is 3. The van der Waals surface area contributed by atoms with Crippen LogP contribution < -0.4 is 5.32 Å². The van der Waals surface area contributed by atoms with Crippen molar-refractivity contribution in [3.05, 3.63) is 43.0 Å². The summed E-state index contributed by atoms with van der Waals surface area (Å²) in [6.07, 6.45) is 9.53. The summed E-state index contributed by atoms with van der Waals surface area (Å²) in [6, 6.07) is 9.23. The number of aliphatic carboxylic acids is 2. The van der Waals surface area contributed by atoms with Gasteiger partial charge < -0.3 is 15.5 Å². The van der Waals surface area contributed by atoms with E-state index in [1.54, 1.807) is 6.08 Å². The van der Waals surface area contributed by atoms with Crippen molar-refractivity contribution in [2.45, 2.75) is 44.9 Å². The van der Waals surface area contributed by atoms with Crippen LogP contribution in [0.25, 0.3) is 0 Å². The zero-order valence-corrected chi connectivity index (χ0v) is 14.7. The van der Waals surface area contributed by atoms with Crippen LogP contribution in [0.2, 0.25) is 0 Å². The minimum absolute atomic E-state index is 0.0377. The lowest BCUT2D eigenvalue weighted by atomic mass is 9.82. The minimum atomic E-state index is -0.853. The van der Waals surface area contributed by atoms with Gasteiger partial charge in [-0.1, -0.05) is 56.4 Å². The summed E-state index contributed by atoms with van der Waals surface area (Å²) in [5, 5.41) is 20.0. The molecule has 1 aromatic rings. The Hall–Kier alpha value is -2.30. The van der Waals surface area contributed by atoms with E-state index in [1.807, 2.05) is 30.3 Å². The molecule has 0 amide bonds. The van der Waals surface area contributed by atoms with Crippen molar-refractivity contribution in [1.82, 2.24) is 0 Å². The van der Waals surface area contributed by atoms with Gasteiger partial charge in [-0.2, -0.15) is 0 Å². The van der Waals surface area contributed by atoms with E-state index >= 15 is 0 Å². The lowest BCUT2D eigenvalue weighted by Gasteiger charge is -2.23. The topological polar surface area (TPSA) is 86.6 Å². The van der Waals surface area contributed by atoms with E-state index < -0.39 is 11.9 Å². The molecule has 0 radical (unpaired) electrons. The number of anilines is 1. The molecule has 1 unspecified atom stereocenters. The molecule has 0 aromatic heterocycles. The average molecular weight is 347 g/mol. The largest absolute Gasteiger partial charge is 0.481 e. The van der Waals surface area contributed by atoms with Crippen molar-refractivity contribution in [3.63, 3.8) is 0 Å². The Morgan fingerprint density at radius 2 is 1.80 bits per heavy atom. The van der Waals surface area contributed by atoms with E-state index in [0.29, 0.717) is 12.3 Å². The van der Waals surface area contributed by atoms with Gasteiger partial charge in [0.15, 0.2) is 0 Å². The summed E-state index contributed by atoms with van der Waals surface area (Å²) in [5.74, 6) is -1.07. The molecule has 1 saturated carbocycles. The van der Waals surface area contributed by atoms with Gasteiger partial charge in [0.2, 0.25) is 0 Å². The van der Waals surface area contributed by atoms with E-state index in [-0.39, 0.29) is 12.5 Å². The van der Waals surface area contributed by atoms with Gasteiger partial charge >= 0.3 is 11.9 Å². The fraction of sp³-hybridized carbons (Fsp3) is 0.500. The van der Waals surface area contributed by atoms with Crippen molar-refractivity contribution in [3.8, 4) is 0 Å². The summed E-state index contributed by atoms with van der Waals surface area (Å²) in [4.78, 5) is 21.0. The number of benzene rings is 1. The van der Waals surface area contributed by atoms with Crippen LogP contribution in [0.15, 0.2) is 43.0 Å². The lowest BCUT2D eigenvalue weighted by Crippen LogP contribution is -2.18. The van der Waals surface area contributed by atoms with E-state index in [1.165, 1.54) is 32.1 Å². The second-order valence-electron chi connectivity index (χ2n) is 6.41. The predicted octanol–water partition coefficient (Wildman–Crippen LogP) is 4.42. The van der Waals surface area contributed by atoms with Gasteiger partial charge in [-0.3, -0.25) is 9.59 Å². The molecule has 1 aliphatic rings. The maximum absolute atomic E-state index is 10.9. The molecule has 0 saturated heterocycles. The highest BCUT2D eigenvalue weighted by Crippen LogP contribution is 2.30. The van der Waals surface area contributed by atoms with Crippen LogP contribution in [0.1, 0.15) is 44.9 Å². The summed E-state index contributed by atoms with van der Waals surface area (Å²) >= 11 is 0. The zero-order chi connectivity index (χ0) is 18.5. The minimum Gasteiger partial charge on any atom is -0.481 e. The van der Waals surface area contributed by atoms with Crippen molar-refractivity contribution in [1.29, 1.82) is 0 Å². The SMILES string of the molecule is C=CCC(CC1CCCCC1)C(=O)O.O=C(O)CNc1ccccc1. The van der Waals surface area contributed by atoms with Crippen LogP contribution in [-0.4, -0.2) is 28.7 Å². The molecule has 1 aromatic carbocycles. The van der Waals surface area contributed by atoms with Crippen molar-refractivity contribution in [2.75, 3.05) is 11.9 Å². The molecule has 5 nitrogen and oxygen atoms in total. The Labute approximate surface area is 149 Å². The first-order valence-corrected chi connectivity index (χ1v) is 8.87. The number of hydrogen-bond acceptors (Lipinski definition) is 3. The van der Waals surface area contributed by atoms with Crippen molar-refractivity contribution in [2.24, 2.45) is 11.8 Å². The van der Waals surface area contributed by atoms with E-state index in [2.05, 4.69) is 11.9 Å². The highest BCUT2D eigenvalue weighted by atomic mass is 16.4. The molecular formula is C20H29NO4. The zero-order valence-electron chi connectivity index (χ0n) is 14.7. The Morgan fingerprint density at radius 3 is 2.32 bits per heavy atom. The molecule has 138 valence electrons. The first-order chi connectivity index (χ1) is 12.0. The second-order valence-corrected chi connectivity index (χ2v) is 6.41. The highest BCUT2D eigenvalue weighted by Gasteiger charge is 2.22. The highest BCUT2D eigenvalue weighted by molar-refractivity contribution is 5.72. The van der Waals surface area contributed by atoms with Gasteiger partial charge in [0.1, 0.15) is 6.54 Å². The number of allylic oxidation sites excluding steroid dienone is 1. The van der Waals surface area contributed by atoms with Crippen LogP contribution in [0.3, 0.4) is 0 Å². The maximum atomic E-state index is 10.9. The standard InChI is InChI=1S/C12H20O2.C8H9NO2/c1-2-6-11(12(13)14)9-10-7-4-3-5-8-10;10-8(11)6-9-7-4-2-1-3-5-7/h2,10-11H,1,3-9H2,(H,13,14);1-5,9H,6H2,(H,10,11). The number of carboxylic acid groups (broad SMARTS) is 2. The molecule has 0 heterocycles. The molecule has 1 fully saturated rings. The maximum Gasteiger partial charge on any atom is 0.322 e. The van der Waals surface area contributed by atoms with E-state index in [9.17, 15) is 9.59 Å². The normalized spacial score (nSPS) is 15.4. The lowest BCUT2D eigenvalue weighted by molar-refractivity contribution is -0.142. The third-order valence-corrected chi connectivity index (χ3v) is 4.36. The van der Waals surface area contributed by atoms with E-state index in [0.717, 1.165) is 12.1 Å². The van der Waals surface area contributed by atoms with Gasteiger partial charge in [0.05, 0.1) is 5.92 Å². The predicted molar refractivity (Wildman–Crippen MR) is 99.7 cm³/mol. The Bertz CT molecular complexity index is 524. The number of carbonyl (C=O) groups is 2. The fourth-order valence-corrected chi connectivity index (χ4v) is 3.06. The van der Waals surface area contributed by atoms with Gasteiger partial charge in [0, 0.05) is 5.69 Å². The Balaban J connectivity index is 0.000000257. The van der Waals surface area contributed by atoms with Gasteiger partial charge in [0.25, 0.3) is 0 Å². The summed E-state index contributed by atoms with van der Waals surface area (Å²) in [5.41, 5.74) is 0.829. The van der Waals surface area contributed by atoms with Gasteiger partial charge in [-0.25, -0.2) is 0 Å². The Kier molecular flexibility index (Phi) is 10.1. The van der Waals surface area contributed by atoms with Crippen LogP contribution in [-0.2, 0) is 9.59 Å². The van der Waals surface area contributed by atoms with Gasteiger partial charge in [-0.05, 0) is 30.9 Å². The molecule has 1 atom stereocenters. The Morgan fingerprint density at radius 1 is 1.16 bits per heavy atom. The molecule has 0 spiro atoms. The fourth-order valence-electron chi connectivity index (χ4n) is 3.06. The first-order valence-electron chi connectivity index (χ1n) is 8.87. The second kappa shape index (κ2) is 12.1. The smallest absolute Gasteiger partial charge is 0.322 e. The van der Waals surface area contributed by atoms with Crippen LogP contribution in [0.4, 0.5) is 5.69 Å². The molecule has 1 aliphatic carbocycles. The summed E-state index contributed by atoms with van der Waals surface area (Å²) in [6.45, 7) is 3.57.